The van der Waals surface area contributed by atoms with Crippen molar-refractivity contribution in [2.75, 3.05) is 42.2 Å². The average Bonchev–Trinajstić information content (AvgIpc) is 3.21. The minimum atomic E-state index is -3.35. The summed E-state index contributed by atoms with van der Waals surface area (Å²) < 4.78 is 25.5. The molecule has 2 fully saturated rings. The van der Waals surface area contributed by atoms with Gasteiger partial charge in [0.1, 0.15) is 5.54 Å². The summed E-state index contributed by atoms with van der Waals surface area (Å²) in [5, 5.41) is 0. The first-order valence-electron chi connectivity index (χ1n) is 13.7. The maximum atomic E-state index is 14.0. The molecule has 1 spiro atoms. The molecule has 0 aliphatic carbocycles. The highest BCUT2D eigenvalue weighted by atomic mass is 32.2. The van der Waals surface area contributed by atoms with E-state index in [2.05, 4.69) is 26.7 Å². The number of hydrogen-bond acceptors (Lipinski definition) is 6. The van der Waals surface area contributed by atoms with Gasteiger partial charge in [-0.2, -0.15) is 0 Å². The van der Waals surface area contributed by atoms with Crippen LogP contribution in [0.3, 0.4) is 0 Å². The second-order valence-electron chi connectivity index (χ2n) is 10.7. The van der Waals surface area contributed by atoms with Gasteiger partial charge in [-0.3, -0.25) is 14.3 Å². The van der Waals surface area contributed by atoms with Gasteiger partial charge in [-0.05, 0) is 55.6 Å². The van der Waals surface area contributed by atoms with Gasteiger partial charge in [-0.15, -0.1) is 0 Å². The standard InChI is InChI=1S/C31H36N4O4S/c1-40(38,39)32-27-16-14-25(15-17-27)23-34-24-35(28-11-6-3-7-12-28)31(30(34)37)18-21-33(22-19-31)20-8-13-29(36)26-9-4-2-5-10-26/h2-7,9-12,14-17,32H,8,13,18-24H2,1H3. The quantitative estimate of drug-likeness (QED) is 0.371. The summed E-state index contributed by atoms with van der Waals surface area (Å²) in [5.41, 5.74) is 2.64. The van der Waals surface area contributed by atoms with E-state index in [-0.39, 0.29) is 11.7 Å². The summed E-state index contributed by atoms with van der Waals surface area (Å²) in [5.74, 6) is 0.305. The monoisotopic (exact) mass is 560 g/mol. The molecule has 9 heteroatoms. The molecule has 2 heterocycles. The highest BCUT2D eigenvalue weighted by Gasteiger charge is 2.53. The maximum Gasteiger partial charge on any atom is 0.250 e. The van der Waals surface area contributed by atoms with Crippen LogP contribution in [0.4, 0.5) is 11.4 Å². The molecule has 2 saturated heterocycles. The van der Waals surface area contributed by atoms with E-state index in [0.717, 1.165) is 62.0 Å². The molecule has 0 atom stereocenters. The van der Waals surface area contributed by atoms with Gasteiger partial charge >= 0.3 is 0 Å². The summed E-state index contributed by atoms with van der Waals surface area (Å²) in [6.45, 7) is 3.39. The van der Waals surface area contributed by atoms with Crippen LogP contribution in [0.25, 0.3) is 0 Å². The number of carbonyl (C=O) groups is 2. The van der Waals surface area contributed by atoms with Gasteiger partial charge in [0.2, 0.25) is 15.9 Å². The van der Waals surface area contributed by atoms with Gasteiger partial charge in [0.05, 0.1) is 12.9 Å². The SMILES string of the molecule is CS(=O)(=O)Nc1ccc(CN2CN(c3ccccc3)C3(CCN(CCCC(=O)c4ccccc4)CC3)C2=O)cc1. The number of sulfonamides is 1. The smallest absolute Gasteiger partial charge is 0.250 e. The number of hydrogen-bond donors (Lipinski definition) is 1. The summed E-state index contributed by atoms with van der Waals surface area (Å²) in [4.78, 5) is 33.0. The number of amides is 1. The molecule has 3 aromatic carbocycles. The normalized spacial score (nSPS) is 17.4. The Hall–Kier alpha value is -3.69. The lowest BCUT2D eigenvalue weighted by Crippen LogP contribution is -2.56. The Morgan fingerprint density at radius 3 is 2.15 bits per heavy atom. The van der Waals surface area contributed by atoms with E-state index in [0.29, 0.717) is 25.3 Å². The second kappa shape index (κ2) is 11.8. The molecule has 5 rings (SSSR count). The van der Waals surface area contributed by atoms with Crippen LogP contribution >= 0.6 is 0 Å². The zero-order valence-corrected chi connectivity index (χ0v) is 23.6. The Balaban J connectivity index is 1.24. The van der Waals surface area contributed by atoms with E-state index in [4.69, 9.17) is 0 Å². The number of ketones is 1. The second-order valence-corrected chi connectivity index (χ2v) is 12.5. The predicted octanol–water partition coefficient (Wildman–Crippen LogP) is 4.36. The van der Waals surface area contributed by atoms with Crippen LogP contribution in [0.5, 0.6) is 0 Å². The number of para-hydroxylation sites is 1. The van der Waals surface area contributed by atoms with Crippen molar-refractivity contribution in [3.8, 4) is 0 Å². The zero-order valence-electron chi connectivity index (χ0n) is 22.8. The Morgan fingerprint density at radius 2 is 1.52 bits per heavy atom. The van der Waals surface area contributed by atoms with E-state index < -0.39 is 15.6 Å². The maximum absolute atomic E-state index is 14.0. The molecule has 210 valence electrons. The molecule has 40 heavy (non-hydrogen) atoms. The minimum absolute atomic E-state index is 0.133. The third-order valence-corrected chi connectivity index (χ3v) is 8.48. The number of benzene rings is 3. The first-order chi connectivity index (χ1) is 19.2. The van der Waals surface area contributed by atoms with E-state index in [1.807, 2.05) is 65.6 Å². The third-order valence-electron chi connectivity index (χ3n) is 7.87. The molecule has 8 nitrogen and oxygen atoms in total. The van der Waals surface area contributed by atoms with Crippen LogP contribution in [0, 0.1) is 0 Å². The van der Waals surface area contributed by atoms with Crippen LogP contribution in [0.2, 0.25) is 0 Å². The highest BCUT2D eigenvalue weighted by molar-refractivity contribution is 7.92. The van der Waals surface area contributed by atoms with Crippen LogP contribution in [-0.4, -0.2) is 68.0 Å². The molecule has 0 saturated carbocycles. The summed E-state index contributed by atoms with van der Waals surface area (Å²) in [6.07, 6.45) is 3.89. The van der Waals surface area contributed by atoms with Crippen LogP contribution in [-0.2, 0) is 21.4 Å². The van der Waals surface area contributed by atoms with Crippen LogP contribution in [0.1, 0.15) is 41.6 Å². The predicted molar refractivity (Wildman–Crippen MR) is 158 cm³/mol. The number of Topliss-reactive ketones (excluding diaryl/α,β-unsaturated/α-hetero) is 1. The van der Waals surface area contributed by atoms with Crippen molar-refractivity contribution >= 4 is 33.1 Å². The number of anilines is 2. The Labute approximate surface area is 236 Å². The lowest BCUT2D eigenvalue weighted by atomic mass is 9.85. The fraction of sp³-hybridized carbons (Fsp3) is 0.355. The molecular formula is C31H36N4O4S. The Bertz CT molecular complexity index is 1420. The Morgan fingerprint density at radius 1 is 0.900 bits per heavy atom. The average molecular weight is 561 g/mol. The number of nitrogens with zero attached hydrogens (tertiary/aromatic N) is 3. The van der Waals surface area contributed by atoms with Gasteiger partial charge < -0.3 is 14.7 Å². The topological polar surface area (TPSA) is 90.0 Å². The van der Waals surface area contributed by atoms with Crippen molar-refractivity contribution in [2.45, 2.75) is 37.8 Å². The van der Waals surface area contributed by atoms with Crippen LogP contribution < -0.4 is 9.62 Å². The number of nitrogens with one attached hydrogen (secondary N) is 1. The fourth-order valence-corrected chi connectivity index (χ4v) is 6.38. The van der Waals surface area contributed by atoms with Gasteiger partial charge in [0.15, 0.2) is 5.78 Å². The van der Waals surface area contributed by atoms with Crippen molar-refractivity contribution in [2.24, 2.45) is 0 Å². The summed E-state index contributed by atoms with van der Waals surface area (Å²) >= 11 is 0. The molecule has 0 aromatic heterocycles. The Kier molecular flexibility index (Phi) is 8.23. The van der Waals surface area contributed by atoms with Gasteiger partial charge in [0.25, 0.3) is 0 Å². The summed E-state index contributed by atoms with van der Waals surface area (Å²) in [6, 6.07) is 26.7. The molecule has 1 amide bonds. The minimum Gasteiger partial charge on any atom is -0.339 e. The van der Waals surface area contributed by atoms with Gasteiger partial charge in [0, 0.05) is 43.0 Å². The van der Waals surface area contributed by atoms with Crippen molar-refractivity contribution in [1.82, 2.24) is 9.80 Å². The molecule has 0 bridgehead atoms. The first kappa shape index (κ1) is 27.9. The molecule has 2 aliphatic rings. The van der Waals surface area contributed by atoms with Crippen LogP contribution in [0.15, 0.2) is 84.9 Å². The van der Waals surface area contributed by atoms with Crippen molar-refractivity contribution in [1.29, 1.82) is 0 Å². The number of rotatable bonds is 10. The summed E-state index contributed by atoms with van der Waals surface area (Å²) in [7, 11) is -3.35. The van der Waals surface area contributed by atoms with E-state index in [9.17, 15) is 18.0 Å². The first-order valence-corrected chi connectivity index (χ1v) is 15.6. The fourth-order valence-electron chi connectivity index (χ4n) is 5.81. The molecular weight excluding hydrogens is 524 g/mol. The lowest BCUT2D eigenvalue weighted by molar-refractivity contribution is -0.134. The van der Waals surface area contributed by atoms with Gasteiger partial charge in [-0.1, -0.05) is 60.7 Å². The van der Waals surface area contributed by atoms with Crippen molar-refractivity contribution < 1.29 is 18.0 Å². The molecule has 0 unspecified atom stereocenters. The van der Waals surface area contributed by atoms with Gasteiger partial charge in [-0.25, -0.2) is 8.42 Å². The number of carbonyl (C=O) groups excluding carboxylic acids is 2. The number of piperidine rings is 1. The van der Waals surface area contributed by atoms with E-state index in [1.165, 1.54) is 0 Å². The zero-order chi connectivity index (χ0) is 28.2. The van der Waals surface area contributed by atoms with Crippen molar-refractivity contribution in [3.63, 3.8) is 0 Å². The molecule has 3 aromatic rings. The molecule has 2 aliphatic heterocycles. The molecule has 1 N–H and O–H groups in total. The lowest BCUT2D eigenvalue weighted by Gasteiger charge is -2.43. The van der Waals surface area contributed by atoms with E-state index in [1.54, 1.807) is 12.1 Å². The third kappa shape index (κ3) is 6.37. The van der Waals surface area contributed by atoms with Crippen molar-refractivity contribution in [3.05, 3.63) is 96.1 Å². The largest absolute Gasteiger partial charge is 0.339 e. The van der Waals surface area contributed by atoms with E-state index >= 15 is 0 Å². The number of likely N-dealkylation sites (tertiary alicyclic amines) is 1. The molecule has 0 radical (unpaired) electrons. The highest BCUT2D eigenvalue weighted by Crippen LogP contribution is 2.40.